The minimum Gasteiger partial charge on any atom is -0.500 e. The molecule has 16 heavy (non-hydrogen) atoms. The van der Waals surface area contributed by atoms with Crippen LogP contribution in [0.5, 0.6) is 0 Å². The Hall–Kier alpha value is -1.07. The van der Waals surface area contributed by atoms with E-state index in [2.05, 4.69) is 0 Å². The number of carboxylic acids is 1. The Balaban J connectivity index is 4.60. The lowest BCUT2D eigenvalue weighted by Crippen LogP contribution is -2.19. The quantitative estimate of drug-likeness (QED) is 0.392. The monoisotopic (exact) mass is 232 g/mol. The summed E-state index contributed by atoms with van der Waals surface area (Å²) in [6, 6.07) is 0. The van der Waals surface area contributed by atoms with Crippen molar-refractivity contribution in [3.8, 4) is 0 Å². The van der Waals surface area contributed by atoms with E-state index in [1.807, 2.05) is 13.8 Å². The fourth-order valence-electron chi connectivity index (χ4n) is 1.20. The average molecular weight is 232 g/mol. The first-order valence-electron chi connectivity index (χ1n) is 5.26. The first-order valence-corrected chi connectivity index (χ1v) is 5.26. The molecule has 94 valence electrons. The van der Waals surface area contributed by atoms with Gasteiger partial charge in [-0.1, -0.05) is 0 Å². The maximum Gasteiger partial charge on any atom is 0.334 e. The van der Waals surface area contributed by atoms with E-state index in [4.69, 9.17) is 19.3 Å². The van der Waals surface area contributed by atoms with Gasteiger partial charge >= 0.3 is 5.97 Å². The van der Waals surface area contributed by atoms with Crippen molar-refractivity contribution in [3.05, 3.63) is 11.3 Å². The molecule has 0 aliphatic carbocycles. The second kappa shape index (κ2) is 8.13. The zero-order chi connectivity index (χ0) is 12.6. The van der Waals surface area contributed by atoms with Crippen LogP contribution in [0, 0.1) is 0 Å². The van der Waals surface area contributed by atoms with Crippen molar-refractivity contribution in [1.82, 2.24) is 0 Å². The van der Waals surface area contributed by atoms with Crippen molar-refractivity contribution in [2.75, 3.05) is 20.3 Å². The molecule has 0 heterocycles. The zero-order valence-corrected chi connectivity index (χ0v) is 10.3. The van der Waals surface area contributed by atoms with Gasteiger partial charge in [0.05, 0.1) is 19.1 Å². The summed E-state index contributed by atoms with van der Waals surface area (Å²) in [4.78, 5) is 10.8. The Kier molecular flexibility index (Phi) is 7.58. The fourth-order valence-corrected chi connectivity index (χ4v) is 1.20. The smallest absolute Gasteiger partial charge is 0.334 e. The number of aliphatic carboxylic acids is 1. The molecule has 0 aromatic carbocycles. The first kappa shape index (κ1) is 14.9. The van der Waals surface area contributed by atoms with E-state index in [0.29, 0.717) is 25.4 Å². The van der Waals surface area contributed by atoms with Crippen LogP contribution in [0.4, 0.5) is 0 Å². The maximum absolute atomic E-state index is 10.8. The first-order chi connectivity index (χ1) is 7.56. The molecule has 5 heteroatoms. The van der Waals surface area contributed by atoms with Gasteiger partial charge in [-0.15, -0.1) is 0 Å². The Morgan fingerprint density at radius 3 is 2.06 bits per heavy atom. The van der Waals surface area contributed by atoms with Crippen molar-refractivity contribution in [2.45, 2.75) is 33.5 Å². The molecule has 0 radical (unpaired) electrons. The van der Waals surface area contributed by atoms with Crippen molar-refractivity contribution in [1.29, 1.82) is 0 Å². The summed E-state index contributed by atoms with van der Waals surface area (Å²) >= 11 is 0. The average Bonchev–Trinajstić information content (AvgIpc) is 2.25. The van der Waals surface area contributed by atoms with Gasteiger partial charge in [-0.3, -0.25) is 0 Å². The molecule has 0 rings (SSSR count). The summed E-state index contributed by atoms with van der Waals surface area (Å²) < 4.78 is 15.7. The summed E-state index contributed by atoms with van der Waals surface area (Å²) in [6.45, 7) is 6.22. The molecular formula is C11H20O5. The van der Waals surface area contributed by atoms with Crippen LogP contribution >= 0.6 is 0 Å². The number of hydrogen-bond donors (Lipinski definition) is 1. The Labute approximate surface area is 96.0 Å². The molecule has 0 atom stereocenters. The molecule has 0 saturated heterocycles. The zero-order valence-electron chi connectivity index (χ0n) is 10.3. The lowest BCUT2D eigenvalue weighted by molar-refractivity contribution is -0.139. The van der Waals surface area contributed by atoms with E-state index in [1.54, 1.807) is 0 Å². The van der Waals surface area contributed by atoms with Gasteiger partial charge in [-0.25, -0.2) is 4.79 Å². The fraction of sp³-hybridized carbons (Fsp3) is 0.727. The number of carbonyl (C=O) groups is 1. The van der Waals surface area contributed by atoms with Crippen LogP contribution in [0.15, 0.2) is 11.3 Å². The van der Waals surface area contributed by atoms with E-state index in [1.165, 1.54) is 14.0 Å². The summed E-state index contributed by atoms with van der Waals surface area (Å²) in [5, 5.41) is 8.84. The SMILES string of the molecule is CCOC(CC(OC)=C(C)C(=O)O)OCC. The molecule has 0 fully saturated rings. The Bertz CT molecular complexity index is 241. The largest absolute Gasteiger partial charge is 0.500 e. The molecule has 0 aromatic heterocycles. The third-order valence-corrected chi connectivity index (χ3v) is 2.04. The van der Waals surface area contributed by atoms with Crippen LogP contribution in [0.1, 0.15) is 27.2 Å². The predicted molar refractivity (Wildman–Crippen MR) is 59.0 cm³/mol. The van der Waals surface area contributed by atoms with Crippen molar-refractivity contribution in [2.24, 2.45) is 0 Å². The van der Waals surface area contributed by atoms with Gasteiger partial charge < -0.3 is 19.3 Å². The van der Waals surface area contributed by atoms with Crippen molar-refractivity contribution < 1.29 is 24.1 Å². The number of carboxylic acid groups (broad SMARTS) is 1. The highest BCUT2D eigenvalue weighted by atomic mass is 16.7. The predicted octanol–water partition coefficient (Wildman–Crippen LogP) is 1.78. The highest BCUT2D eigenvalue weighted by Gasteiger charge is 2.16. The minimum absolute atomic E-state index is 0.173. The Morgan fingerprint density at radius 1 is 1.25 bits per heavy atom. The highest BCUT2D eigenvalue weighted by molar-refractivity contribution is 5.86. The van der Waals surface area contributed by atoms with Gasteiger partial charge in [0.1, 0.15) is 5.76 Å². The lowest BCUT2D eigenvalue weighted by atomic mass is 10.2. The van der Waals surface area contributed by atoms with Crippen LogP contribution in [-0.4, -0.2) is 37.7 Å². The van der Waals surface area contributed by atoms with E-state index < -0.39 is 12.3 Å². The van der Waals surface area contributed by atoms with E-state index in [0.717, 1.165) is 0 Å². The van der Waals surface area contributed by atoms with Gasteiger partial charge in [0.25, 0.3) is 0 Å². The summed E-state index contributed by atoms with van der Waals surface area (Å²) in [5.74, 6) is -0.622. The summed E-state index contributed by atoms with van der Waals surface area (Å²) in [5.41, 5.74) is 0.173. The maximum atomic E-state index is 10.8. The summed E-state index contributed by atoms with van der Waals surface area (Å²) in [7, 11) is 1.44. The number of ether oxygens (including phenoxy) is 3. The molecular weight excluding hydrogens is 212 g/mol. The molecule has 0 spiro atoms. The number of hydrogen-bond acceptors (Lipinski definition) is 4. The molecule has 5 nitrogen and oxygen atoms in total. The normalized spacial score (nSPS) is 12.6. The standard InChI is InChI=1S/C11H20O5/c1-5-15-10(16-6-2)7-9(14-4)8(3)11(12)13/h10H,5-7H2,1-4H3,(H,12,13). The highest BCUT2D eigenvalue weighted by Crippen LogP contribution is 2.15. The molecule has 0 aromatic rings. The second-order valence-electron chi connectivity index (χ2n) is 3.10. The van der Waals surface area contributed by atoms with Crippen molar-refractivity contribution >= 4 is 5.97 Å². The number of rotatable bonds is 8. The molecule has 1 N–H and O–H groups in total. The van der Waals surface area contributed by atoms with E-state index in [9.17, 15) is 4.79 Å². The third-order valence-electron chi connectivity index (χ3n) is 2.04. The van der Waals surface area contributed by atoms with Gasteiger partial charge in [-0.2, -0.15) is 0 Å². The molecule has 0 aliphatic rings. The molecule has 0 saturated carbocycles. The van der Waals surface area contributed by atoms with Gasteiger partial charge in [0.2, 0.25) is 0 Å². The van der Waals surface area contributed by atoms with Gasteiger partial charge in [-0.05, 0) is 20.8 Å². The van der Waals surface area contributed by atoms with Crippen LogP contribution in [0.3, 0.4) is 0 Å². The van der Waals surface area contributed by atoms with Gasteiger partial charge in [0, 0.05) is 13.2 Å². The topological polar surface area (TPSA) is 65.0 Å². The second-order valence-corrected chi connectivity index (χ2v) is 3.10. The molecule has 0 bridgehead atoms. The molecule has 0 unspecified atom stereocenters. The lowest BCUT2D eigenvalue weighted by Gasteiger charge is -2.18. The van der Waals surface area contributed by atoms with Crippen LogP contribution < -0.4 is 0 Å². The van der Waals surface area contributed by atoms with Crippen LogP contribution in [0.2, 0.25) is 0 Å². The number of methoxy groups -OCH3 is 1. The van der Waals surface area contributed by atoms with Gasteiger partial charge in [0.15, 0.2) is 6.29 Å². The van der Waals surface area contributed by atoms with E-state index >= 15 is 0 Å². The molecule has 0 amide bonds. The van der Waals surface area contributed by atoms with Crippen molar-refractivity contribution in [3.63, 3.8) is 0 Å². The van der Waals surface area contributed by atoms with Crippen LogP contribution in [0.25, 0.3) is 0 Å². The Morgan fingerprint density at radius 2 is 1.75 bits per heavy atom. The summed E-state index contributed by atoms with van der Waals surface area (Å²) in [6.07, 6.45) is -0.157. The minimum atomic E-state index is -0.997. The third kappa shape index (κ3) is 5.14. The van der Waals surface area contributed by atoms with E-state index in [-0.39, 0.29) is 5.57 Å². The van der Waals surface area contributed by atoms with Crippen LogP contribution in [-0.2, 0) is 19.0 Å². The molecule has 0 aliphatic heterocycles.